The quantitative estimate of drug-likeness (QED) is 0.449. The summed E-state index contributed by atoms with van der Waals surface area (Å²) >= 11 is 0. The Hall–Kier alpha value is -0.260. The van der Waals surface area contributed by atoms with Crippen LogP contribution in [0.1, 0.15) is 38.5 Å². The average Bonchev–Trinajstić information content (AvgIpc) is 2.27. The number of hydrogen-bond donors (Lipinski definition) is 0. The van der Waals surface area contributed by atoms with Gasteiger partial charge in [0.2, 0.25) is 0 Å². The van der Waals surface area contributed by atoms with Gasteiger partial charge in [0.1, 0.15) is 0 Å². The van der Waals surface area contributed by atoms with Crippen molar-refractivity contribution in [2.75, 3.05) is 0 Å². The molecule has 0 amide bonds. The fraction of sp³-hybridized carbons (Fsp3) is 0.800. The summed E-state index contributed by atoms with van der Waals surface area (Å²) in [5, 5.41) is 0. The minimum Gasteiger partial charge on any atom is -0.0998 e. The molecule has 0 nitrogen and oxygen atoms in total. The van der Waals surface area contributed by atoms with E-state index >= 15 is 0 Å². The molecule has 56 valence electrons. The monoisotopic (exact) mass is 136 g/mol. The van der Waals surface area contributed by atoms with Crippen LogP contribution in [0.25, 0.3) is 0 Å². The topological polar surface area (TPSA) is 0 Å². The number of allylic oxidation sites excluding steroid dienone is 1. The molecule has 0 spiro atoms. The Morgan fingerprint density at radius 3 is 2.00 bits per heavy atom. The van der Waals surface area contributed by atoms with Crippen molar-refractivity contribution in [3.8, 4) is 0 Å². The van der Waals surface area contributed by atoms with Crippen molar-refractivity contribution in [3.05, 3.63) is 12.2 Å². The van der Waals surface area contributed by atoms with E-state index in [2.05, 4.69) is 6.58 Å². The molecule has 0 bridgehead atoms. The molecule has 2 rings (SSSR count). The smallest absolute Gasteiger partial charge is 0.0292 e. The van der Waals surface area contributed by atoms with Crippen molar-refractivity contribution in [1.29, 1.82) is 0 Å². The van der Waals surface area contributed by atoms with Crippen LogP contribution >= 0.6 is 0 Å². The van der Waals surface area contributed by atoms with Crippen molar-refractivity contribution in [2.24, 2.45) is 11.8 Å². The van der Waals surface area contributed by atoms with Crippen molar-refractivity contribution in [2.45, 2.75) is 38.5 Å². The molecule has 0 aromatic carbocycles. The average molecular weight is 136 g/mol. The summed E-state index contributed by atoms with van der Waals surface area (Å²) in [5.74, 6) is 2.09. The van der Waals surface area contributed by atoms with Crippen LogP contribution in [0.3, 0.4) is 0 Å². The third kappa shape index (κ3) is 1.00. The molecule has 0 N–H and O–H groups in total. The number of rotatable bonds is 0. The van der Waals surface area contributed by atoms with Gasteiger partial charge in [0.25, 0.3) is 0 Å². The lowest BCUT2D eigenvalue weighted by atomic mass is 9.82. The first-order valence-corrected chi connectivity index (χ1v) is 4.53. The van der Waals surface area contributed by atoms with Crippen LogP contribution < -0.4 is 0 Å². The van der Waals surface area contributed by atoms with E-state index in [0.29, 0.717) is 0 Å². The third-order valence-corrected chi connectivity index (χ3v) is 3.17. The fourth-order valence-electron chi connectivity index (χ4n) is 2.65. The Morgan fingerprint density at radius 2 is 1.50 bits per heavy atom. The molecule has 0 saturated heterocycles. The van der Waals surface area contributed by atoms with Crippen molar-refractivity contribution in [3.63, 3.8) is 0 Å². The van der Waals surface area contributed by atoms with Crippen LogP contribution in [-0.2, 0) is 0 Å². The SMILES string of the molecule is C=C1C[C@H]2CCCC[C@@H]2C1. The Bertz CT molecular complexity index is 130. The van der Waals surface area contributed by atoms with Gasteiger partial charge in [-0.1, -0.05) is 25.0 Å². The maximum Gasteiger partial charge on any atom is -0.0292 e. The molecule has 2 atom stereocenters. The second kappa shape index (κ2) is 2.41. The highest BCUT2D eigenvalue weighted by Gasteiger charge is 2.30. The summed E-state index contributed by atoms with van der Waals surface area (Å²) < 4.78 is 0. The van der Waals surface area contributed by atoms with Gasteiger partial charge in [-0.2, -0.15) is 0 Å². The highest BCUT2D eigenvalue weighted by Crippen LogP contribution is 2.43. The molecule has 10 heavy (non-hydrogen) atoms. The van der Waals surface area contributed by atoms with E-state index in [-0.39, 0.29) is 0 Å². The van der Waals surface area contributed by atoms with Crippen molar-refractivity contribution in [1.82, 2.24) is 0 Å². The van der Waals surface area contributed by atoms with E-state index in [4.69, 9.17) is 0 Å². The van der Waals surface area contributed by atoms with Crippen LogP contribution in [0.2, 0.25) is 0 Å². The van der Waals surface area contributed by atoms with E-state index in [1.165, 1.54) is 44.1 Å². The van der Waals surface area contributed by atoms with Gasteiger partial charge in [-0.3, -0.25) is 0 Å². The molecule has 0 aliphatic heterocycles. The molecule has 2 fully saturated rings. The number of fused-ring (bicyclic) bond motifs is 1. The molecular weight excluding hydrogens is 120 g/mol. The first kappa shape index (κ1) is 6.45. The lowest BCUT2D eigenvalue weighted by Gasteiger charge is -2.23. The molecule has 2 saturated carbocycles. The first-order chi connectivity index (χ1) is 4.86. The van der Waals surface area contributed by atoms with Crippen molar-refractivity contribution < 1.29 is 0 Å². The molecule has 0 heterocycles. The first-order valence-electron chi connectivity index (χ1n) is 4.53. The molecular formula is C10H16. The molecule has 0 heteroatoms. The maximum absolute atomic E-state index is 4.08. The van der Waals surface area contributed by atoms with Gasteiger partial charge in [0, 0.05) is 0 Å². The standard InChI is InChI=1S/C10H16/c1-8-6-9-4-2-3-5-10(9)7-8/h9-10H,1-7H2/t9-,10-/m1/s1. The molecule has 0 radical (unpaired) electrons. The van der Waals surface area contributed by atoms with Gasteiger partial charge in [0.05, 0.1) is 0 Å². The zero-order chi connectivity index (χ0) is 6.97. The highest BCUT2D eigenvalue weighted by atomic mass is 14.4. The Kier molecular flexibility index (Phi) is 1.55. The van der Waals surface area contributed by atoms with Gasteiger partial charge < -0.3 is 0 Å². The van der Waals surface area contributed by atoms with Gasteiger partial charge in [0.15, 0.2) is 0 Å². The van der Waals surface area contributed by atoms with E-state index in [1.54, 1.807) is 0 Å². The molecule has 2 aliphatic carbocycles. The van der Waals surface area contributed by atoms with Crippen LogP contribution in [0.4, 0.5) is 0 Å². The zero-order valence-electron chi connectivity index (χ0n) is 6.60. The Balaban J connectivity index is 2.04. The highest BCUT2D eigenvalue weighted by molar-refractivity contribution is 5.06. The van der Waals surface area contributed by atoms with Gasteiger partial charge in [-0.25, -0.2) is 0 Å². The fourth-order valence-corrected chi connectivity index (χ4v) is 2.65. The van der Waals surface area contributed by atoms with Crippen LogP contribution in [0.15, 0.2) is 12.2 Å². The van der Waals surface area contributed by atoms with E-state index in [1.807, 2.05) is 0 Å². The summed E-state index contributed by atoms with van der Waals surface area (Å²) in [6.45, 7) is 4.08. The second-order valence-corrected chi connectivity index (χ2v) is 3.96. The maximum atomic E-state index is 4.08. The predicted molar refractivity (Wildman–Crippen MR) is 43.8 cm³/mol. The molecule has 2 aliphatic rings. The molecule has 0 unspecified atom stereocenters. The second-order valence-electron chi connectivity index (χ2n) is 3.96. The van der Waals surface area contributed by atoms with E-state index in [0.717, 1.165) is 11.8 Å². The van der Waals surface area contributed by atoms with Crippen LogP contribution in [0.5, 0.6) is 0 Å². The molecule has 0 aromatic rings. The van der Waals surface area contributed by atoms with Gasteiger partial charge in [-0.05, 0) is 37.5 Å². The molecule has 0 aromatic heterocycles. The summed E-state index contributed by atoms with van der Waals surface area (Å²) in [4.78, 5) is 0. The van der Waals surface area contributed by atoms with Gasteiger partial charge >= 0.3 is 0 Å². The minimum atomic E-state index is 1.04. The zero-order valence-corrected chi connectivity index (χ0v) is 6.60. The number of hydrogen-bond acceptors (Lipinski definition) is 0. The lowest BCUT2D eigenvalue weighted by Crippen LogP contribution is -2.12. The van der Waals surface area contributed by atoms with Gasteiger partial charge in [-0.15, -0.1) is 0 Å². The minimum absolute atomic E-state index is 1.04. The third-order valence-electron chi connectivity index (χ3n) is 3.17. The normalized spacial score (nSPS) is 39.8. The largest absolute Gasteiger partial charge is 0.0998 e. The summed E-state index contributed by atoms with van der Waals surface area (Å²) in [7, 11) is 0. The summed E-state index contributed by atoms with van der Waals surface area (Å²) in [6.07, 6.45) is 8.64. The predicted octanol–water partition coefficient (Wildman–Crippen LogP) is 3.14. The van der Waals surface area contributed by atoms with E-state index in [9.17, 15) is 0 Å². The Morgan fingerprint density at radius 1 is 1.00 bits per heavy atom. The summed E-state index contributed by atoms with van der Waals surface area (Å²) in [5.41, 5.74) is 1.52. The lowest BCUT2D eigenvalue weighted by molar-refractivity contribution is 0.277. The van der Waals surface area contributed by atoms with Crippen LogP contribution in [0, 0.1) is 11.8 Å². The Labute approximate surface area is 63.3 Å². The van der Waals surface area contributed by atoms with E-state index < -0.39 is 0 Å². The van der Waals surface area contributed by atoms with Crippen LogP contribution in [-0.4, -0.2) is 0 Å². The van der Waals surface area contributed by atoms with Crippen molar-refractivity contribution >= 4 is 0 Å². The summed E-state index contributed by atoms with van der Waals surface area (Å²) in [6, 6.07) is 0.